The molecule has 7 N–H and O–H groups in total. The van der Waals surface area contributed by atoms with Gasteiger partial charge in [0.2, 0.25) is 0 Å². The molecule has 4 aliphatic rings. The number of nitrogens with one attached hydrogen (secondary N) is 1. The van der Waals surface area contributed by atoms with E-state index in [9.17, 15) is 0 Å². The minimum absolute atomic E-state index is 0.181. The number of fused-ring (bicyclic) bond motifs is 5. The molecule has 0 saturated heterocycles. The van der Waals surface area contributed by atoms with Gasteiger partial charge in [-0.15, -0.1) is 0 Å². The molecule has 0 aromatic carbocycles. The molecule has 0 heterocycles. The maximum Gasteiger partial charge on any atom is 0.0637 e. The molecule has 0 amide bonds. The molecule has 4 saturated carbocycles. The van der Waals surface area contributed by atoms with Gasteiger partial charge in [-0.1, -0.05) is 79.1 Å². The van der Waals surface area contributed by atoms with Crippen molar-refractivity contribution in [1.29, 1.82) is 0 Å². The van der Waals surface area contributed by atoms with Gasteiger partial charge in [0.1, 0.15) is 0 Å². The van der Waals surface area contributed by atoms with Crippen LogP contribution >= 0.6 is 0 Å². The Morgan fingerprint density at radius 3 is 1.98 bits per heavy atom. The molecule has 0 spiro atoms. The summed E-state index contributed by atoms with van der Waals surface area (Å²) in [6.45, 7) is 17.0. The van der Waals surface area contributed by atoms with E-state index in [-0.39, 0.29) is 5.41 Å². The zero-order valence-corrected chi connectivity index (χ0v) is 34.2. The Hall–Kier alpha value is -0.280. The number of hydrogen-bond acceptors (Lipinski definition) is 7. The second-order valence-corrected chi connectivity index (χ2v) is 18.2. The Morgan fingerprint density at radius 2 is 1.29 bits per heavy atom. The standard InChI is InChI=1S/C44H86N4O3/c1-5-6-7-8-9-10-11-12-13-26-48-27-14-18-34(2)37-19-20-38-42-39(33-41(44(37,38)4)51-30-17-25-47)43(3)22-21-36(49-28-15-23-45)31-35(43)32-40(42)50-29-16-24-46/h34-42,48H,5-33,45-47H2,1-4H3/t34-,35?,36-,37-,38+,39+,40-,41+,42?,43+,44-/m1/s1. The Morgan fingerprint density at radius 1 is 0.667 bits per heavy atom. The first-order valence-electron chi connectivity index (χ1n) is 22.5. The minimum Gasteiger partial charge on any atom is -0.378 e. The van der Waals surface area contributed by atoms with Gasteiger partial charge in [0.25, 0.3) is 0 Å². The first-order valence-corrected chi connectivity index (χ1v) is 22.5. The van der Waals surface area contributed by atoms with Crippen LogP contribution in [-0.2, 0) is 14.2 Å². The van der Waals surface area contributed by atoms with E-state index in [1.807, 2.05) is 0 Å². The van der Waals surface area contributed by atoms with Crippen LogP contribution in [0.2, 0.25) is 0 Å². The highest BCUT2D eigenvalue weighted by Crippen LogP contribution is 2.69. The van der Waals surface area contributed by atoms with Crippen LogP contribution < -0.4 is 22.5 Å². The molecule has 0 bridgehead atoms. The Bertz CT molecular complexity index is 925. The van der Waals surface area contributed by atoms with Crippen LogP contribution in [0.4, 0.5) is 0 Å². The highest BCUT2D eigenvalue weighted by molar-refractivity contribution is 5.15. The van der Waals surface area contributed by atoms with Gasteiger partial charge in [-0.3, -0.25) is 0 Å². The second-order valence-electron chi connectivity index (χ2n) is 18.2. The summed E-state index contributed by atoms with van der Waals surface area (Å²) in [5.41, 5.74) is 18.3. The van der Waals surface area contributed by atoms with Crippen LogP contribution in [0.5, 0.6) is 0 Å². The Labute approximate surface area is 315 Å². The minimum atomic E-state index is 0.181. The fourth-order valence-corrected chi connectivity index (χ4v) is 12.0. The van der Waals surface area contributed by atoms with Crippen molar-refractivity contribution in [2.24, 2.45) is 63.5 Å². The lowest BCUT2D eigenvalue weighted by molar-refractivity contribution is -0.227. The van der Waals surface area contributed by atoms with Gasteiger partial charge >= 0.3 is 0 Å². The summed E-state index contributed by atoms with van der Waals surface area (Å²) in [7, 11) is 0. The molecular formula is C44H86N4O3. The fourth-order valence-electron chi connectivity index (χ4n) is 12.0. The number of nitrogens with two attached hydrogens (primary N) is 3. The third-order valence-corrected chi connectivity index (χ3v) is 15.0. The van der Waals surface area contributed by atoms with Crippen molar-refractivity contribution in [3.8, 4) is 0 Å². The van der Waals surface area contributed by atoms with Crippen molar-refractivity contribution in [1.82, 2.24) is 5.32 Å². The van der Waals surface area contributed by atoms with Crippen molar-refractivity contribution < 1.29 is 14.2 Å². The zero-order valence-electron chi connectivity index (χ0n) is 34.2. The maximum absolute atomic E-state index is 7.05. The van der Waals surface area contributed by atoms with E-state index in [1.165, 1.54) is 116 Å². The summed E-state index contributed by atoms with van der Waals surface area (Å²) in [6, 6.07) is 0. The second kappa shape index (κ2) is 22.9. The third kappa shape index (κ3) is 11.6. The topological polar surface area (TPSA) is 118 Å². The molecule has 0 aromatic heterocycles. The Kier molecular flexibility index (Phi) is 19.5. The number of ether oxygens (including phenoxy) is 3. The first kappa shape index (κ1) is 43.4. The van der Waals surface area contributed by atoms with E-state index in [4.69, 9.17) is 31.4 Å². The van der Waals surface area contributed by atoms with E-state index in [2.05, 4.69) is 33.0 Å². The van der Waals surface area contributed by atoms with Crippen molar-refractivity contribution >= 4 is 0 Å². The predicted octanol–water partition coefficient (Wildman–Crippen LogP) is 8.60. The van der Waals surface area contributed by atoms with Gasteiger partial charge < -0.3 is 36.7 Å². The monoisotopic (exact) mass is 719 g/mol. The lowest BCUT2D eigenvalue weighted by Gasteiger charge is -2.65. The molecule has 300 valence electrons. The SMILES string of the molecule is CCCCCCCCCCCNCCC[C@@H](C)[C@H]1CC[C@H]2C3[C@H](OCCCN)CC4C[C@H](OCCCN)CC[C@]4(C)[C@H]3C[C@H](OCCCN)[C@]12C. The fraction of sp³-hybridized carbons (Fsp3) is 1.00. The number of unbranched alkanes of at least 4 members (excludes halogenated alkanes) is 8. The molecule has 51 heavy (non-hydrogen) atoms. The highest BCUT2D eigenvalue weighted by atomic mass is 16.5. The lowest BCUT2D eigenvalue weighted by atomic mass is 9.43. The summed E-state index contributed by atoms with van der Waals surface area (Å²) in [4.78, 5) is 0. The molecule has 7 nitrogen and oxygen atoms in total. The predicted molar refractivity (Wildman–Crippen MR) is 215 cm³/mol. The molecule has 0 radical (unpaired) electrons. The van der Waals surface area contributed by atoms with Crippen LogP contribution in [-0.4, -0.2) is 70.9 Å². The van der Waals surface area contributed by atoms with Gasteiger partial charge in [0.15, 0.2) is 0 Å². The molecule has 4 rings (SSSR count). The average molecular weight is 719 g/mol. The highest BCUT2D eigenvalue weighted by Gasteiger charge is 2.66. The lowest BCUT2D eigenvalue weighted by Crippen LogP contribution is -2.63. The van der Waals surface area contributed by atoms with E-state index in [0.29, 0.717) is 78.9 Å². The molecule has 11 atom stereocenters. The molecule has 2 unspecified atom stereocenters. The van der Waals surface area contributed by atoms with Gasteiger partial charge in [0, 0.05) is 25.2 Å². The van der Waals surface area contributed by atoms with E-state index < -0.39 is 0 Å². The maximum atomic E-state index is 7.05. The van der Waals surface area contributed by atoms with E-state index in [1.54, 1.807) is 0 Å². The van der Waals surface area contributed by atoms with Crippen molar-refractivity contribution in [2.45, 2.75) is 181 Å². The summed E-state index contributed by atoms with van der Waals surface area (Å²) in [6.07, 6.45) is 27.6. The number of rotatable bonds is 27. The largest absolute Gasteiger partial charge is 0.378 e. The van der Waals surface area contributed by atoms with Crippen LogP contribution in [0, 0.1) is 46.3 Å². The summed E-state index contributed by atoms with van der Waals surface area (Å²) in [5.74, 6) is 3.92. The molecule has 0 aliphatic heterocycles. The number of hydrogen-bond donors (Lipinski definition) is 4. The van der Waals surface area contributed by atoms with Crippen molar-refractivity contribution in [2.75, 3.05) is 52.5 Å². The molecule has 7 heteroatoms. The molecule has 4 fully saturated rings. The first-order chi connectivity index (χ1) is 24.8. The van der Waals surface area contributed by atoms with Crippen LogP contribution in [0.25, 0.3) is 0 Å². The van der Waals surface area contributed by atoms with Crippen molar-refractivity contribution in [3.63, 3.8) is 0 Å². The molecule has 0 aromatic rings. The van der Waals surface area contributed by atoms with Crippen molar-refractivity contribution in [3.05, 3.63) is 0 Å². The summed E-state index contributed by atoms with van der Waals surface area (Å²) in [5, 5.41) is 3.80. The van der Waals surface area contributed by atoms with Crippen LogP contribution in [0.3, 0.4) is 0 Å². The quantitative estimate of drug-likeness (QED) is 0.0629. The van der Waals surface area contributed by atoms with Crippen LogP contribution in [0.1, 0.15) is 163 Å². The third-order valence-electron chi connectivity index (χ3n) is 15.0. The van der Waals surface area contributed by atoms with Crippen LogP contribution in [0.15, 0.2) is 0 Å². The molecular weight excluding hydrogens is 633 g/mol. The normalized spacial score (nSPS) is 35.4. The zero-order chi connectivity index (χ0) is 36.5. The van der Waals surface area contributed by atoms with Gasteiger partial charge in [-0.25, -0.2) is 0 Å². The average Bonchev–Trinajstić information content (AvgIpc) is 3.49. The molecule has 4 aliphatic carbocycles. The Balaban J connectivity index is 1.38. The summed E-state index contributed by atoms with van der Waals surface area (Å²) >= 11 is 0. The summed E-state index contributed by atoms with van der Waals surface area (Å²) < 4.78 is 20.4. The van der Waals surface area contributed by atoms with E-state index in [0.717, 1.165) is 52.0 Å². The van der Waals surface area contributed by atoms with E-state index >= 15 is 0 Å². The van der Waals surface area contributed by atoms with Gasteiger partial charge in [-0.2, -0.15) is 0 Å². The van der Waals surface area contributed by atoms with Gasteiger partial charge in [0.05, 0.1) is 18.3 Å². The smallest absolute Gasteiger partial charge is 0.0637 e. The van der Waals surface area contributed by atoms with Gasteiger partial charge in [-0.05, 0) is 157 Å².